The third-order valence-electron chi connectivity index (χ3n) is 2.84. The van der Waals surface area contributed by atoms with Gasteiger partial charge in [-0.05, 0) is 30.0 Å². The Labute approximate surface area is 109 Å². The van der Waals surface area contributed by atoms with Crippen LogP contribution in [0.4, 0.5) is 0 Å². The Kier molecular flexibility index (Phi) is 5.28. The van der Waals surface area contributed by atoms with E-state index in [1.807, 2.05) is 12.1 Å². The first-order chi connectivity index (χ1) is 8.53. The molecule has 18 heavy (non-hydrogen) atoms. The molecule has 0 aliphatic carbocycles. The first-order valence-electron chi connectivity index (χ1n) is 6.09. The van der Waals surface area contributed by atoms with Crippen LogP contribution in [0.15, 0.2) is 12.1 Å². The van der Waals surface area contributed by atoms with E-state index in [1.54, 1.807) is 21.3 Å². The van der Waals surface area contributed by atoms with Gasteiger partial charge in [0.2, 0.25) is 5.75 Å². The van der Waals surface area contributed by atoms with E-state index >= 15 is 0 Å². The topological polar surface area (TPSA) is 53.7 Å². The Morgan fingerprint density at radius 3 is 1.83 bits per heavy atom. The zero-order chi connectivity index (χ0) is 13.7. The SMILES string of the molecule is COc1cc([C@H](N)CC(C)C)cc(OC)c1OC. The molecule has 4 nitrogen and oxygen atoms in total. The summed E-state index contributed by atoms with van der Waals surface area (Å²) in [6, 6.07) is 3.79. The van der Waals surface area contributed by atoms with E-state index in [9.17, 15) is 0 Å². The standard InChI is InChI=1S/C14H23NO3/c1-9(2)6-11(15)10-7-12(16-3)14(18-5)13(8-10)17-4/h7-9,11H,6,15H2,1-5H3/t11-/m1/s1. The Morgan fingerprint density at radius 1 is 1.00 bits per heavy atom. The number of nitrogens with two attached hydrogens (primary N) is 1. The van der Waals surface area contributed by atoms with Gasteiger partial charge in [-0.25, -0.2) is 0 Å². The normalized spacial score (nSPS) is 12.4. The number of methoxy groups -OCH3 is 3. The third-order valence-corrected chi connectivity index (χ3v) is 2.84. The smallest absolute Gasteiger partial charge is 0.203 e. The van der Waals surface area contributed by atoms with Crippen LogP contribution in [0.25, 0.3) is 0 Å². The maximum Gasteiger partial charge on any atom is 0.203 e. The van der Waals surface area contributed by atoms with Crippen molar-refractivity contribution in [1.82, 2.24) is 0 Å². The molecule has 0 saturated heterocycles. The second-order valence-corrected chi connectivity index (χ2v) is 4.69. The molecule has 0 radical (unpaired) electrons. The summed E-state index contributed by atoms with van der Waals surface area (Å²) in [7, 11) is 4.80. The molecule has 2 N–H and O–H groups in total. The minimum atomic E-state index is -0.0290. The molecule has 1 aromatic carbocycles. The molecule has 0 bridgehead atoms. The van der Waals surface area contributed by atoms with Gasteiger partial charge in [-0.2, -0.15) is 0 Å². The Balaban J connectivity index is 3.14. The van der Waals surface area contributed by atoms with Gasteiger partial charge in [0.25, 0.3) is 0 Å². The van der Waals surface area contributed by atoms with Crippen molar-refractivity contribution in [1.29, 1.82) is 0 Å². The average Bonchev–Trinajstić information content (AvgIpc) is 2.35. The number of ether oxygens (including phenoxy) is 3. The van der Waals surface area contributed by atoms with Gasteiger partial charge in [-0.1, -0.05) is 13.8 Å². The van der Waals surface area contributed by atoms with E-state index < -0.39 is 0 Å². The minimum Gasteiger partial charge on any atom is -0.493 e. The van der Waals surface area contributed by atoms with Crippen LogP contribution in [-0.4, -0.2) is 21.3 Å². The summed E-state index contributed by atoms with van der Waals surface area (Å²) in [5.74, 6) is 2.43. The number of hydrogen-bond donors (Lipinski definition) is 1. The maximum absolute atomic E-state index is 6.18. The fourth-order valence-corrected chi connectivity index (χ4v) is 1.96. The fourth-order valence-electron chi connectivity index (χ4n) is 1.96. The van der Waals surface area contributed by atoms with Crippen molar-refractivity contribution in [3.8, 4) is 17.2 Å². The molecule has 0 aliphatic rings. The zero-order valence-corrected chi connectivity index (χ0v) is 11.8. The van der Waals surface area contributed by atoms with E-state index in [2.05, 4.69) is 13.8 Å². The molecule has 102 valence electrons. The first kappa shape index (κ1) is 14.6. The summed E-state index contributed by atoms with van der Waals surface area (Å²) in [4.78, 5) is 0. The van der Waals surface area contributed by atoms with Crippen molar-refractivity contribution in [3.63, 3.8) is 0 Å². The molecule has 0 aromatic heterocycles. The molecule has 0 saturated carbocycles. The average molecular weight is 253 g/mol. The van der Waals surface area contributed by atoms with E-state index in [4.69, 9.17) is 19.9 Å². The van der Waals surface area contributed by atoms with Crippen molar-refractivity contribution in [3.05, 3.63) is 17.7 Å². The summed E-state index contributed by atoms with van der Waals surface area (Å²) in [6.07, 6.45) is 0.915. The Morgan fingerprint density at radius 2 is 1.50 bits per heavy atom. The zero-order valence-electron chi connectivity index (χ0n) is 11.8. The summed E-state index contributed by atoms with van der Waals surface area (Å²) in [5.41, 5.74) is 7.18. The molecule has 0 unspecified atom stereocenters. The molecular formula is C14H23NO3. The van der Waals surface area contributed by atoms with Crippen LogP contribution in [0.2, 0.25) is 0 Å². The monoisotopic (exact) mass is 253 g/mol. The van der Waals surface area contributed by atoms with Gasteiger partial charge >= 0.3 is 0 Å². The van der Waals surface area contributed by atoms with Crippen molar-refractivity contribution < 1.29 is 14.2 Å². The minimum absolute atomic E-state index is 0.0290. The van der Waals surface area contributed by atoms with Gasteiger partial charge in [-0.15, -0.1) is 0 Å². The van der Waals surface area contributed by atoms with Crippen LogP contribution in [0.1, 0.15) is 31.9 Å². The van der Waals surface area contributed by atoms with E-state index in [-0.39, 0.29) is 6.04 Å². The van der Waals surface area contributed by atoms with Crippen LogP contribution in [0.5, 0.6) is 17.2 Å². The third kappa shape index (κ3) is 3.29. The first-order valence-corrected chi connectivity index (χ1v) is 6.09. The highest BCUT2D eigenvalue weighted by atomic mass is 16.5. The largest absolute Gasteiger partial charge is 0.493 e. The van der Waals surface area contributed by atoms with Gasteiger partial charge in [0.15, 0.2) is 11.5 Å². The van der Waals surface area contributed by atoms with Gasteiger partial charge in [-0.3, -0.25) is 0 Å². The highest BCUT2D eigenvalue weighted by Crippen LogP contribution is 2.40. The van der Waals surface area contributed by atoms with Crippen molar-refractivity contribution in [2.75, 3.05) is 21.3 Å². The number of benzene rings is 1. The highest BCUT2D eigenvalue weighted by molar-refractivity contribution is 5.54. The second kappa shape index (κ2) is 6.50. The lowest BCUT2D eigenvalue weighted by Crippen LogP contribution is -2.13. The predicted octanol–water partition coefficient (Wildman–Crippen LogP) is 2.76. The van der Waals surface area contributed by atoms with Crippen LogP contribution < -0.4 is 19.9 Å². The Hall–Kier alpha value is -1.42. The lowest BCUT2D eigenvalue weighted by Gasteiger charge is -2.18. The van der Waals surface area contributed by atoms with E-state index in [0.717, 1.165) is 12.0 Å². The van der Waals surface area contributed by atoms with Crippen molar-refractivity contribution in [2.24, 2.45) is 11.7 Å². The summed E-state index contributed by atoms with van der Waals surface area (Å²) >= 11 is 0. The molecule has 0 spiro atoms. The quantitative estimate of drug-likeness (QED) is 0.847. The number of hydrogen-bond acceptors (Lipinski definition) is 4. The summed E-state index contributed by atoms with van der Waals surface area (Å²) in [6.45, 7) is 4.30. The van der Waals surface area contributed by atoms with Crippen LogP contribution in [-0.2, 0) is 0 Å². The number of rotatable bonds is 6. The van der Waals surface area contributed by atoms with Crippen LogP contribution in [0, 0.1) is 5.92 Å². The molecule has 0 amide bonds. The molecule has 0 aliphatic heterocycles. The Bertz CT molecular complexity index is 366. The lowest BCUT2D eigenvalue weighted by molar-refractivity contribution is 0.323. The summed E-state index contributed by atoms with van der Waals surface area (Å²) in [5, 5.41) is 0. The molecule has 1 rings (SSSR count). The molecular weight excluding hydrogens is 230 g/mol. The van der Waals surface area contributed by atoms with Crippen LogP contribution >= 0.6 is 0 Å². The van der Waals surface area contributed by atoms with Gasteiger partial charge < -0.3 is 19.9 Å². The predicted molar refractivity (Wildman–Crippen MR) is 72.5 cm³/mol. The van der Waals surface area contributed by atoms with E-state index in [1.165, 1.54) is 0 Å². The lowest BCUT2D eigenvalue weighted by atomic mass is 9.97. The summed E-state index contributed by atoms with van der Waals surface area (Å²) < 4.78 is 15.9. The molecule has 0 fully saturated rings. The molecule has 4 heteroatoms. The molecule has 0 heterocycles. The van der Waals surface area contributed by atoms with Crippen LogP contribution in [0.3, 0.4) is 0 Å². The highest BCUT2D eigenvalue weighted by Gasteiger charge is 2.17. The van der Waals surface area contributed by atoms with Gasteiger partial charge in [0, 0.05) is 6.04 Å². The molecule has 1 aromatic rings. The van der Waals surface area contributed by atoms with Crippen molar-refractivity contribution in [2.45, 2.75) is 26.3 Å². The van der Waals surface area contributed by atoms with Gasteiger partial charge in [0.05, 0.1) is 21.3 Å². The van der Waals surface area contributed by atoms with E-state index in [0.29, 0.717) is 23.2 Å². The second-order valence-electron chi connectivity index (χ2n) is 4.69. The van der Waals surface area contributed by atoms with Gasteiger partial charge in [0.1, 0.15) is 0 Å². The molecule has 1 atom stereocenters. The maximum atomic E-state index is 6.18. The fraction of sp³-hybridized carbons (Fsp3) is 0.571. The van der Waals surface area contributed by atoms with Crippen molar-refractivity contribution >= 4 is 0 Å².